The molecule has 2 rings (SSSR count). The van der Waals surface area contributed by atoms with Crippen molar-refractivity contribution >= 4 is 34.2 Å². The molecule has 2 aromatic rings. The molecular weight excluding hydrogens is 303 g/mol. The van der Waals surface area contributed by atoms with E-state index in [2.05, 4.69) is 29.5 Å². The molecule has 116 valence electrons. The molecule has 2 atom stereocenters. The zero-order valence-corrected chi connectivity index (χ0v) is 14.6. The average Bonchev–Trinajstić information content (AvgIpc) is 2.84. The first-order valence-corrected chi connectivity index (χ1v) is 8.68. The van der Waals surface area contributed by atoms with Crippen molar-refractivity contribution in [1.82, 2.24) is 9.55 Å². The lowest BCUT2D eigenvalue weighted by atomic mass is 9.99. The number of hydrogen-bond acceptors (Lipinski definition) is 1. The van der Waals surface area contributed by atoms with Crippen molar-refractivity contribution in [2.75, 3.05) is 0 Å². The minimum absolute atomic E-state index is 0.114. The monoisotopic (exact) mass is 326 g/mol. The van der Waals surface area contributed by atoms with Crippen LogP contribution in [0.25, 0.3) is 11.0 Å². The second kappa shape index (κ2) is 7.51. The summed E-state index contributed by atoms with van der Waals surface area (Å²) in [5.74, 6) is 1.59. The number of fused-ring (bicyclic) bond motifs is 1. The Morgan fingerprint density at radius 3 is 2.67 bits per heavy atom. The van der Waals surface area contributed by atoms with Gasteiger partial charge in [0.2, 0.25) is 0 Å². The van der Waals surface area contributed by atoms with Crippen LogP contribution in [0.15, 0.2) is 18.2 Å². The highest BCUT2D eigenvalue weighted by atomic mass is 35.5. The van der Waals surface area contributed by atoms with Crippen molar-refractivity contribution in [3.05, 3.63) is 29.0 Å². The highest BCUT2D eigenvalue weighted by Crippen LogP contribution is 2.30. The Kier molecular flexibility index (Phi) is 5.95. The number of unbranched alkanes of at least 4 members (excludes halogenated alkanes) is 1. The maximum absolute atomic E-state index is 6.34. The molecular formula is C17H24Cl2N2. The maximum Gasteiger partial charge on any atom is 0.127 e. The molecule has 0 saturated heterocycles. The zero-order chi connectivity index (χ0) is 15.4. The van der Waals surface area contributed by atoms with Gasteiger partial charge < -0.3 is 4.57 Å². The lowest BCUT2D eigenvalue weighted by Crippen LogP contribution is -2.13. The van der Waals surface area contributed by atoms with E-state index in [0.29, 0.717) is 10.9 Å². The average molecular weight is 327 g/mol. The van der Waals surface area contributed by atoms with E-state index in [-0.39, 0.29) is 5.38 Å². The first kappa shape index (κ1) is 16.6. The van der Waals surface area contributed by atoms with Crippen molar-refractivity contribution in [3.8, 4) is 0 Å². The van der Waals surface area contributed by atoms with Gasteiger partial charge in [-0.3, -0.25) is 0 Å². The van der Waals surface area contributed by atoms with Gasteiger partial charge in [0.25, 0.3) is 0 Å². The van der Waals surface area contributed by atoms with E-state index in [1.165, 1.54) is 25.7 Å². The molecule has 0 amide bonds. The summed E-state index contributed by atoms with van der Waals surface area (Å²) in [7, 11) is 0. The molecule has 1 heterocycles. The first-order valence-electron chi connectivity index (χ1n) is 7.87. The van der Waals surface area contributed by atoms with E-state index >= 15 is 0 Å². The van der Waals surface area contributed by atoms with Crippen molar-refractivity contribution in [1.29, 1.82) is 0 Å². The van der Waals surface area contributed by atoms with Crippen LogP contribution in [0, 0.1) is 5.92 Å². The summed E-state index contributed by atoms with van der Waals surface area (Å²) < 4.78 is 2.27. The Hall–Kier alpha value is -0.730. The Balaban J connectivity index is 2.40. The first-order chi connectivity index (χ1) is 10.1. The molecule has 0 bridgehead atoms. The van der Waals surface area contributed by atoms with E-state index in [9.17, 15) is 0 Å². The summed E-state index contributed by atoms with van der Waals surface area (Å²) in [6, 6.07) is 5.96. The zero-order valence-electron chi connectivity index (χ0n) is 13.1. The Bertz CT molecular complexity index is 590. The van der Waals surface area contributed by atoms with Gasteiger partial charge in [-0.2, -0.15) is 0 Å². The van der Waals surface area contributed by atoms with Crippen molar-refractivity contribution < 1.29 is 0 Å². The third-order valence-corrected chi connectivity index (χ3v) is 4.60. The Morgan fingerprint density at radius 1 is 1.29 bits per heavy atom. The highest BCUT2D eigenvalue weighted by Gasteiger charge is 2.18. The summed E-state index contributed by atoms with van der Waals surface area (Å²) in [4.78, 5) is 4.68. The van der Waals surface area contributed by atoms with E-state index in [1.54, 1.807) is 0 Å². The van der Waals surface area contributed by atoms with Gasteiger partial charge >= 0.3 is 0 Å². The fourth-order valence-corrected chi connectivity index (χ4v) is 3.18. The number of alkyl halides is 1. The Labute approximate surface area is 137 Å². The van der Waals surface area contributed by atoms with E-state index in [1.807, 2.05) is 19.1 Å². The largest absolute Gasteiger partial charge is 0.326 e. The van der Waals surface area contributed by atoms with Crippen LogP contribution < -0.4 is 0 Å². The van der Waals surface area contributed by atoms with Gasteiger partial charge in [0.15, 0.2) is 0 Å². The van der Waals surface area contributed by atoms with Crippen LogP contribution in [0.3, 0.4) is 0 Å². The van der Waals surface area contributed by atoms with Crippen LogP contribution in [0.2, 0.25) is 5.02 Å². The molecule has 0 aliphatic carbocycles. The molecule has 2 nitrogen and oxygen atoms in total. The number of aromatic nitrogens is 2. The summed E-state index contributed by atoms with van der Waals surface area (Å²) in [6.07, 6.45) is 4.95. The molecule has 0 radical (unpaired) electrons. The predicted octanol–water partition coefficient (Wildman–Crippen LogP) is 6.21. The van der Waals surface area contributed by atoms with E-state index in [4.69, 9.17) is 23.2 Å². The molecule has 0 aliphatic heterocycles. The third-order valence-electron chi connectivity index (χ3n) is 4.10. The number of imidazole rings is 1. The molecule has 0 aliphatic rings. The fraction of sp³-hybridized carbons (Fsp3) is 0.588. The van der Waals surface area contributed by atoms with Gasteiger partial charge in [0.1, 0.15) is 11.3 Å². The molecule has 2 unspecified atom stereocenters. The second-order valence-electron chi connectivity index (χ2n) is 5.72. The second-order valence-corrected chi connectivity index (χ2v) is 6.78. The molecule has 1 aromatic heterocycles. The van der Waals surface area contributed by atoms with Crippen LogP contribution in [0.4, 0.5) is 0 Å². The summed E-state index contributed by atoms with van der Waals surface area (Å²) >= 11 is 12.6. The van der Waals surface area contributed by atoms with E-state index < -0.39 is 0 Å². The van der Waals surface area contributed by atoms with Gasteiger partial charge in [-0.05, 0) is 31.4 Å². The molecule has 0 spiro atoms. The fourth-order valence-electron chi connectivity index (χ4n) is 2.80. The molecule has 0 saturated carbocycles. The summed E-state index contributed by atoms with van der Waals surface area (Å²) in [5.41, 5.74) is 1.96. The van der Waals surface area contributed by atoms with Gasteiger partial charge in [-0.25, -0.2) is 4.98 Å². The number of halogens is 2. The van der Waals surface area contributed by atoms with Crippen LogP contribution in [0.5, 0.6) is 0 Å². The van der Waals surface area contributed by atoms with Gasteiger partial charge in [-0.15, -0.1) is 11.6 Å². The smallest absolute Gasteiger partial charge is 0.127 e. The topological polar surface area (TPSA) is 17.8 Å². The normalized spacial score (nSPS) is 14.5. The lowest BCUT2D eigenvalue weighted by Gasteiger charge is -2.18. The number of benzene rings is 1. The summed E-state index contributed by atoms with van der Waals surface area (Å²) in [5, 5.41) is 0.587. The van der Waals surface area contributed by atoms with Crippen LogP contribution in [0.1, 0.15) is 57.7 Å². The third kappa shape index (κ3) is 3.73. The van der Waals surface area contributed by atoms with Crippen molar-refractivity contribution in [2.24, 2.45) is 5.92 Å². The van der Waals surface area contributed by atoms with Crippen LogP contribution in [-0.2, 0) is 6.54 Å². The minimum atomic E-state index is -0.114. The number of hydrogen-bond donors (Lipinski definition) is 0. The molecule has 0 fully saturated rings. The molecule has 21 heavy (non-hydrogen) atoms. The number of nitrogens with zero attached hydrogens (tertiary/aromatic N) is 2. The van der Waals surface area contributed by atoms with Gasteiger partial charge in [-0.1, -0.05) is 50.8 Å². The summed E-state index contributed by atoms with van der Waals surface area (Å²) in [6.45, 7) is 7.45. The highest BCUT2D eigenvalue weighted by molar-refractivity contribution is 6.35. The predicted molar refractivity (Wildman–Crippen MR) is 92.3 cm³/mol. The van der Waals surface area contributed by atoms with Crippen LogP contribution >= 0.6 is 23.2 Å². The molecule has 4 heteroatoms. The van der Waals surface area contributed by atoms with E-state index in [0.717, 1.165) is 23.4 Å². The molecule has 0 N–H and O–H groups in total. The standard InChI is InChI=1S/C17H24Cl2N2/c1-4-6-8-13(5-2)11-21-15-10-7-9-14(19)16(15)20-17(21)12(3)18/h7,9-10,12-13H,4-6,8,11H2,1-3H3. The van der Waals surface area contributed by atoms with Crippen molar-refractivity contribution in [3.63, 3.8) is 0 Å². The Morgan fingerprint density at radius 2 is 2.05 bits per heavy atom. The SMILES string of the molecule is CCCCC(CC)Cn1c(C(C)Cl)nc2c(Cl)cccc21. The maximum atomic E-state index is 6.34. The number of para-hydroxylation sites is 1. The lowest BCUT2D eigenvalue weighted by molar-refractivity contribution is 0.389. The van der Waals surface area contributed by atoms with Crippen molar-refractivity contribution in [2.45, 2.75) is 58.4 Å². The number of rotatable bonds is 7. The minimum Gasteiger partial charge on any atom is -0.326 e. The van der Waals surface area contributed by atoms with Gasteiger partial charge in [0.05, 0.1) is 15.9 Å². The molecule has 1 aromatic carbocycles. The van der Waals surface area contributed by atoms with Crippen LogP contribution in [-0.4, -0.2) is 9.55 Å². The quantitative estimate of drug-likeness (QED) is 0.553. The van der Waals surface area contributed by atoms with Gasteiger partial charge in [0, 0.05) is 6.54 Å².